The standard InChI is InChI=1S/C12H23N3O/c1-9(10-6-13-7-10)12(16)14-8-11-4-3-5-15(11)2/h9-11,13H,3-8H2,1-2H3,(H,14,16). The van der Waals surface area contributed by atoms with Crippen molar-refractivity contribution in [3.05, 3.63) is 0 Å². The summed E-state index contributed by atoms with van der Waals surface area (Å²) in [5, 5.41) is 6.31. The minimum absolute atomic E-state index is 0.160. The summed E-state index contributed by atoms with van der Waals surface area (Å²) in [7, 11) is 2.14. The summed E-state index contributed by atoms with van der Waals surface area (Å²) in [5.74, 6) is 0.932. The van der Waals surface area contributed by atoms with E-state index in [0.717, 1.165) is 19.6 Å². The maximum Gasteiger partial charge on any atom is 0.223 e. The van der Waals surface area contributed by atoms with Gasteiger partial charge in [0.15, 0.2) is 0 Å². The van der Waals surface area contributed by atoms with Crippen molar-refractivity contribution in [2.75, 3.05) is 33.2 Å². The fourth-order valence-corrected chi connectivity index (χ4v) is 2.50. The van der Waals surface area contributed by atoms with Crippen LogP contribution in [0.4, 0.5) is 0 Å². The number of nitrogens with one attached hydrogen (secondary N) is 2. The van der Waals surface area contributed by atoms with Gasteiger partial charge in [-0.05, 0) is 45.4 Å². The van der Waals surface area contributed by atoms with Gasteiger partial charge in [0.25, 0.3) is 0 Å². The Morgan fingerprint density at radius 2 is 2.31 bits per heavy atom. The Hall–Kier alpha value is -0.610. The van der Waals surface area contributed by atoms with Gasteiger partial charge in [-0.1, -0.05) is 6.92 Å². The van der Waals surface area contributed by atoms with Gasteiger partial charge in [0.1, 0.15) is 0 Å². The van der Waals surface area contributed by atoms with E-state index in [1.807, 2.05) is 6.92 Å². The van der Waals surface area contributed by atoms with Crippen molar-refractivity contribution in [1.29, 1.82) is 0 Å². The lowest BCUT2D eigenvalue weighted by Gasteiger charge is -2.32. The molecule has 92 valence electrons. The largest absolute Gasteiger partial charge is 0.354 e. The molecular formula is C12H23N3O. The highest BCUT2D eigenvalue weighted by molar-refractivity contribution is 5.78. The van der Waals surface area contributed by atoms with Crippen LogP contribution in [0.15, 0.2) is 0 Å². The fraction of sp³-hybridized carbons (Fsp3) is 0.917. The van der Waals surface area contributed by atoms with Crippen LogP contribution in [0.1, 0.15) is 19.8 Å². The summed E-state index contributed by atoms with van der Waals surface area (Å²) in [4.78, 5) is 14.2. The van der Waals surface area contributed by atoms with Crippen LogP contribution in [-0.4, -0.2) is 50.1 Å². The number of hydrogen-bond donors (Lipinski definition) is 2. The van der Waals surface area contributed by atoms with Crippen molar-refractivity contribution in [3.8, 4) is 0 Å². The molecule has 2 fully saturated rings. The van der Waals surface area contributed by atoms with Crippen molar-refractivity contribution in [1.82, 2.24) is 15.5 Å². The lowest BCUT2D eigenvalue weighted by atomic mass is 9.88. The molecule has 4 heteroatoms. The Morgan fingerprint density at radius 3 is 2.81 bits per heavy atom. The topological polar surface area (TPSA) is 44.4 Å². The third-order valence-electron chi connectivity index (χ3n) is 4.12. The number of likely N-dealkylation sites (tertiary alicyclic amines) is 1. The molecule has 1 amide bonds. The molecule has 2 unspecified atom stereocenters. The van der Waals surface area contributed by atoms with E-state index in [1.165, 1.54) is 19.4 Å². The van der Waals surface area contributed by atoms with E-state index in [2.05, 4.69) is 22.6 Å². The molecule has 0 aromatic rings. The van der Waals surface area contributed by atoms with Crippen LogP contribution in [0.5, 0.6) is 0 Å². The van der Waals surface area contributed by atoms with E-state index < -0.39 is 0 Å². The Balaban J connectivity index is 1.70. The van der Waals surface area contributed by atoms with Gasteiger partial charge in [-0.3, -0.25) is 4.79 Å². The van der Waals surface area contributed by atoms with Crippen molar-refractivity contribution >= 4 is 5.91 Å². The lowest BCUT2D eigenvalue weighted by Crippen LogP contribution is -2.50. The minimum Gasteiger partial charge on any atom is -0.354 e. The molecule has 0 radical (unpaired) electrons. The van der Waals surface area contributed by atoms with Crippen LogP contribution in [0.25, 0.3) is 0 Å². The van der Waals surface area contributed by atoms with Gasteiger partial charge in [-0.15, -0.1) is 0 Å². The highest BCUT2D eigenvalue weighted by Gasteiger charge is 2.29. The minimum atomic E-state index is 0.160. The quantitative estimate of drug-likeness (QED) is 0.711. The molecule has 0 aromatic heterocycles. The van der Waals surface area contributed by atoms with Crippen molar-refractivity contribution in [3.63, 3.8) is 0 Å². The molecule has 2 N–H and O–H groups in total. The summed E-state index contributed by atoms with van der Waals surface area (Å²) in [6, 6.07) is 0.552. The third kappa shape index (κ3) is 2.55. The summed E-state index contributed by atoms with van der Waals surface area (Å²) in [5.41, 5.74) is 0. The predicted molar refractivity (Wildman–Crippen MR) is 64.2 cm³/mol. The Bertz CT molecular complexity index is 253. The van der Waals surface area contributed by atoms with Gasteiger partial charge < -0.3 is 15.5 Å². The zero-order valence-electron chi connectivity index (χ0n) is 10.3. The van der Waals surface area contributed by atoms with Gasteiger partial charge >= 0.3 is 0 Å². The second kappa shape index (κ2) is 5.15. The Labute approximate surface area is 97.8 Å². The van der Waals surface area contributed by atoms with Crippen molar-refractivity contribution in [2.45, 2.75) is 25.8 Å². The normalized spacial score (nSPS) is 28.8. The number of rotatable bonds is 4. The van der Waals surface area contributed by atoms with Crippen molar-refractivity contribution < 1.29 is 4.79 Å². The molecule has 2 rings (SSSR count). The first-order chi connectivity index (χ1) is 7.68. The molecule has 2 aliphatic rings. The molecule has 16 heavy (non-hydrogen) atoms. The Morgan fingerprint density at radius 1 is 1.56 bits per heavy atom. The summed E-state index contributed by atoms with van der Waals surface area (Å²) in [6.07, 6.45) is 2.48. The number of nitrogens with zero attached hydrogens (tertiary/aromatic N) is 1. The molecule has 0 spiro atoms. The van der Waals surface area contributed by atoms with Gasteiger partial charge in [0.2, 0.25) is 5.91 Å². The van der Waals surface area contributed by atoms with Gasteiger partial charge in [-0.25, -0.2) is 0 Å². The smallest absolute Gasteiger partial charge is 0.223 e. The van der Waals surface area contributed by atoms with Crippen LogP contribution in [-0.2, 0) is 4.79 Å². The average molecular weight is 225 g/mol. The number of hydrogen-bond acceptors (Lipinski definition) is 3. The van der Waals surface area contributed by atoms with Crippen LogP contribution in [0.2, 0.25) is 0 Å². The monoisotopic (exact) mass is 225 g/mol. The van der Waals surface area contributed by atoms with E-state index >= 15 is 0 Å². The van der Waals surface area contributed by atoms with Gasteiger partial charge in [0.05, 0.1) is 0 Å². The van der Waals surface area contributed by atoms with E-state index in [9.17, 15) is 4.79 Å². The Kier molecular flexibility index (Phi) is 3.82. The van der Waals surface area contributed by atoms with E-state index in [1.54, 1.807) is 0 Å². The highest BCUT2D eigenvalue weighted by Crippen LogP contribution is 2.17. The number of carbonyl (C=O) groups is 1. The van der Waals surface area contributed by atoms with Gasteiger partial charge in [-0.2, -0.15) is 0 Å². The molecule has 2 heterocycles. The predicted octanol–water partition coefficient (Wildman–Crippen LogP) is 0.0523. The molecule has 4 nitrogen and oxygen atoms in total. The maximum absolute atomic E-state index is 11.9. The number of amides is 1. The molecule has 2 saturated heterocycles. The molecule has 0 bridgehead atoms. The highest BCUT2D eigenvalue weighted by atomic mass is 16.1. The third-order valence-corrected chi connectivity index (χ3v) is 4.12. The average Bonchev–Trinajstić information content (AvgIpc) is 2.57. The van der Waals surface area contributed by atoms with Crippen LogP contribution >= 0.6 is 0 Å². The lowest BCUT2D eigenvalue weighted by molar-refractivity contribution is -0.126. The SMILES string of the molecule is CC(C(=O)NCC1CCCN1C)C1CNC1. The first kappa shape index (κ1) is 11.9. The molecule has 2 aliphatic heterocycles. The number of carbonyl (C=O) groups excluding carboxylic acids is 1. The zero-order valence-corrected chi connectivity index (χ0v) is 10.3. The van der Waals surface area contributed by atoms with Crippen molar-refractivity contribution in [2.24, 2.45) is 11.8 Å². The van der Waals surface area contributed by atoms with E-state index in [0.29, 0.717) is 12.0 Å². The summed E-state index contributed by atoms with van der Waals surface area (Å²) < 4.78 is 0. The second-order valence-corrected chi connectivity index (χ2v) is 5.23. The number of likely N-dealkylation sites (N-methyl/N-ethyl adjacent to an activating group) is 1. The van der Waals surface area contributed by atoms with Crippen LogP contribution in [0.3, 0.4) is 0 Å². The molecular weight excluding hydrogens is 202 g/mol. The first-order valence-corrected chi connectivity index (χ1v) is 6.37. The molecule has 0 aromatic carbocycles. The van der Waals surface area contributed by atoms with E-state index in [4.69, 9.17) is 0 Å². The van der Waals surface area contributed by atoms with Gasteiger partial charge in [0, 0.05) is 18.5 Å². The van der Waals surface area contributed by atoms with E-state index in [-0.39, 0.29) is 11.8 Å². The fourth-order valence-electron chi connectivity index (χ4n) is 2.50. The first-order valence-electron chi connectivity index (χ1n) is 6.37. The van der Waals surface area contributed by atoms with Crippen LogP contribution in [0, 0.1) is 11.8 Å². The second-order valence-electron chi connectivity index (χ2n) is 5.23. The zero-order chi connectivity index (χ0) is 11.5. The molecule has 2 atom stereocenters. The maximum atomic E-state index is 11.9. The summed E-state index contributed by atoms with van der Waals surface area (Å²) in [6.45, 7) is 6.03. The van der Waals surface area contributed by atoms with Crippen LogP contribution < -0.4 is 10.6 Å². The summed E-state index contributed by atoms with van der Waals surface area (Å²) >= 11 is 0. The molecule has 0 saturated carbocycles. The molecule has 0 aliphatic carbocycles.